The van der Waals surface area contributed by atoms with E-state index in [4.69, 9.17) is 4.74 Å². The third-order valence-corrected chi connectivity index (χ3v) is 4.19. The number of anilines is 1. The van der Waals surface area contributed by atoms with Gasteiger partial charge in [0.25, 0.3) is 5.91 Å². The van der Waals surface area contributed by atoms with Gasteiger partial charge in [-0.3, -0.25) is 4.79 Å². The van der Waals surface area contributed by atoms with Gasteiger partial charge in [-0.25, -0.2) is 4.79 Å². The molecule has 2 aromatic carbocycles. The van der Waals surface area contributed by atoms with Gasteiger partial charge in [-0.15, -0.1) is 0 Å². The zero-order valence-electron chi connectivity index (χ0n) is 14.1. The largest absolute Gasteiger partial charge is 0.449 e. The Hall–Kier alpha value is -2.14. The maximum absolute atomic E-state index is 12.3. The summed E-state index contributed by atoms with van der Waals surface area (Å²) in [7, 11) is 0. The number of amides is 1. The lowest BCUT2D eigenvalue weighted by atomic mass is 10.0. The van der Waals surface area contributed by atoms with E-state index in [0.29, 0.717) is 5.56 Å². The molecule has 1 N–H and O–H groups in total. The maximum atomic E-state index is 12.3. The molecule has 0 saturated carbocycles. The average molecular weight is 390 g/mol. The van der Waals surface area contributed by atoms with Crippen molar-refractivity contribution in [3.8, 4) is 0 Å². The predicted molar refractivity (Wildman–Crippen MR) is 98.3 cm³/mol. The zero-order valence-corrected chi connectivity index (χ0v) is 15.7. The molecule has 0 bridgehead atoms. The van der Waals surface area contributed by atoms with Crippen LogP contribution in [-0.4, -0.2) is 18.0 Å². The minimum Gasteiger partial charge on any atom is -0.449 e. The van der Waals surface area contributed by atoms with E-state index < -0.39 is 12.1 Å². The normalized spacial score (nSPS) is 11.7. The molecule has 1 amide bonds. The molecule has 0 aliphatic carbocycles. The van der Waals surface area contributed by atoms with Crippen molar-refractivity contribution in [3.63, 3.8) is 0 Å². The highest BCUT2D eigenvalue weighted by Gasteiger charge is 2.20. The van der Waals surface area contributed by atoms with Crippen molar-refractivity contribution >= 4 is 33.5 Å². The molecule has 4 nitrogen and oxygen atoms in total. The highest BCUT2D eigenvalue weighted by molar-refractivity contribution is 9.10. The molecule has 0 aliphatic rings. The maximum Gasteiger partial charge on any atom is 0.338 e. The van der Waals surface area contributed by atoms with E-state index in [0.717, 1.165) is 26.9 Å². The van der Waals surface area contributed by atoms with Crippen LogP contribution < -0.4 is 5.32 Å². The van der Waals surface area contributed by atoms with Gasteiger partial charge in [-0.1, -0.05) is 33.6 Å². The Morgan fingerprint density at radius 2 is 1.58 bits per heavy atom. The highest BCUT2D eigenvalue weighted by atomic mass is 79.9. The molecule has 2 rings (SSSR count). The van der Waals surface area contributed by atoms with Crippen molar-refractivity contribution in [1.29, 1.82) is 0 Å². The zero-order chi connectivity index (χ0) is 17.9. The van der Waals surface area contributed by atoms with E-state index >= 15 is 0 Å². The number of rotatable bonds is 4. The standard InChI is InChI=1S/C19H20BrNO3/c1-11-9-12(2)17(13(3)10-11)21-18(22)14(4)24-19(23)15-5-7-16(20)8-6-15/h5-10,14H,1-4H3,(H,21,22)/t14-/m1/s1. The fourth-order valence-corrected chi connectivity index (χ4v) is 2.73. The molecule has 0 saturated heterocycles. The van der Waals surface area contributed by atoms with E-state index in [1.54, 1.807) is 31.2 Å². The second-order valence-corrected chi connectivity index (χ2v) is 6.73. The quantitative estimate of drug-likeness (QED) is 0.779. The van der Waals surface area contributed by atoms with Crippen molar-refractivity contribution in [2.24, 2.45) is 0 Å². The molecule has 5 heteroatoms. The molecule has 0 heterocycles. The Labute approximate surface area is 150 Å². The molecule has 0 fully saturated rings. The molecule has 0 radical (unpaired) electrons. The third kappa shape index (κ3) is 4.45. The Morgan fingerprint density at radius 1 is 1.04 bits per heavy atom. The van der Waals surface area contributed by atoms with Crippen LogP contribution in [0.3, 0.4) is 0 Å². The number of esters is 1. The van der Waals surface area contributed by atoms with Gasteiger partial charge in [-0.05, 0) is 63.1 Å². The number of ether oxygens (including phenoxy) is 1. The van der Waals surface area contributed by atoms with Crippen molar-refractivity contribution in [2.45, 2.75) is 33.8 Å². The Balaban J connectivity index is 2.05. The van der Waals surface area contributed by atoms with Gasteiger partial charge in [0, 0.05) is 10.2 Å². The van der Waals surface area contributed by atoms with Crippen molar-refractivity contribution in [3.05, 3.63) is 63.1 Å². The summed E-state index contributed by atoms with van der Waals surface area (Å²) in [6, 6.07) is 10.8. The summed E-state index contributed by atoms with van der Waals surface area (Å²) in [5.41, 5.74) is 4.26. The molecule has 1 atom stereocenters. The van der Waals surface area contributed by atoms with Crippen LogP contribution in [0.4, 0.5) is 5.69 Å². The number of halogens is 1. The van der Waals surface area contributed by atoms with Gasteiger partial charge >= 0.3 is 5.97 Å². The van der Waals surface area contributed by atoms with E-state index in [9.17, 15) is 9.59 Å². The molecular formula is C19H20BrNO3. The van der Waals surface area contributed by atoms with Crippen LogP contribution in [-0.2, 0) is 9.53 Å². The molecule has 24 heavy (non-hydrogen) atoms. The van der Waals surface area contributed by atoms with E-state index in [2.05, 4.69) is 21.2 Å². The van der Waals surface area contributed by atoms with Gasteiger partial charge in [-0.2, -0.15) is 0 Å². The van der Waals surface area contributed by atoms with E-state index in [-0.39, 0.29) is 5.91 Å². The minimum atomic E-state index is -0.888. The SMILES string of the molecule is Cc1cc(C)c(NC(=O)[C@@H](C)OC(=O)c2ccc(Br)cc2)c(C)c1. The summed E-state index contributed by atoms with van der Waals surface area (Å²) in [4.78, 5) is 24.4. The van der Waals surface area contributed by atoms with Gasteiger partial charge in [0.2, 0.25) is 0 Å². The molecule has 0 aromatic heterocycles. The fraction of sp³-hybridized carbons (Fsp3) is 0.263. The van der Waals surface area contributed by atoms with Crippen LogP contribution in [0.2, 0.25) is 0 Å². The summed E-state index contributed by atoms with van der Waals surface area (Å²) < 4.78 is 6.12. The number of carbonyl (C=O) groups is 2. The Morgan fingerprint density at radius 3 is 2.12 bits per heavy atom. The molecule has 0 unspecified atom stereocenters. The molecule has 2 aromatic rings. The molecular weight excluding hydrogens is 370 g/mol. The van der Waals surface area contributed by atoms with Crippen molar-refractivity contribution in [2.75, 3.05) is 5.32 Å². The first kappa shape index (κ1) is 18.2. The molecule has 0 spiro atoms. The lowest BCUT2D eigenvalue weighted by molar-refractivity contribution is -0.123. The van der Waals surface area contributed by atoms with Crippen molar-refractivity contribution in [1.82, 2.24) is 0 Å². The highest BCUT2D eigenvalue weighted by Crippen LogP contribution is 2.22. The molecule has 0 aliphatic heterocycles. The summed E-state index contributed by atoms with van der Waals surface area (Å²) in [5, 5.41) is 2.85. The van der Waals surface area contributed by atoms with Gasteiger partial charge in [0.1, 0.15) is 0 Å². The first-order valence-corrected chi connectivity index (χ1v) is 8.42. The van der Waals surface area contributed by atoms with Crippen molar-refractivity contribution < 1.29 is 14.3 Å². The van der Waals surface area contributed by atoms with Gasteiger partial charge in [0.05, 0.1) is 5.56 Å². The summed E-state index contributed by atoms with van der Waals surface area (Å²) in [6.45, 7) is 7.45. The van der Waals surface area contributed by atoms with Gasteiger partial charge < -0.3 is 10.1 Å². The lowest BCUT2D eigenvalue weighted by Crippen LogP contribution is -2.30. The number of aryl methyl sites for hydroxylation is 3. The number of hydrogen-bond donors (Lipinski definition) is 1. The second-order valence-electron chi connectivity index (χ2n) is 5.82. The number of nitrogens with one attached hydrogen (secondary N) is 1. The fourth-order valence-electron chi connectivity index (χ4n) is 2.47. The van der Waals surface area contributed by atoms with Crippen LogP contribution in [0.5, 0.6) is 0 Å². The second kappa shape index (κ2) is 7.62. The first-order chi connectivity index (χ1) is 11.3. The smallest absolute Gasteiger partial charge is 0.338 e. The first-order valence-electron chi connectivity index (χ1n) is 7.63. The Bertz CT molecular complexity index is 746. The number of hydrogen-bond acceptors (Lipinski definition) is 3. The number of benzene rings is 2. The minimum absolute atomic E-state index is 0.351. The monoisotopic (exact) mass is 389 g/mol. The average Bonchev–Trinajstić information content (AvgIpc) is 2.51. The van der Waals surface area contributed by atoms with E-state index in [1.165, 1.54) is 0 Å². The lowest BCUT2D eigenvalue weighted by Gasteiger charge is -2.17. The van der Waals surface area contributed by atoms with Crippen LogP contribution in [0.1, 0.15) is 34.0 Å². The van der Waals surface area contributed by atoms with Crippen LogP contribution in [0, 0.1) is 20.8 Å². The topological polar surface area (TPSA) is 55.4 Å². The summed E-state index contributed by atoms with van der Waals surface area (Å²) in [5.74, 6) is -0.877. The molecule has 126 valence electrons. The van der Waals surface area contributed by atoms with E-state index in [1.807, 2.05) is 32.9 Å². The number of carbonyl (C=O) groups excluding carboxylic acids is 2. The third-order valence-electron chi connectivity index (χ3n) is 3.66. The van der Waals surface area contributed by atoms with Crippen LogP contribution in [0.25, 0.3) is 0 Å². The Kier molecular flexibility index (Phi) is 5.78. The van der Waals surface area contributed by atoms with Gasteiger partial charge in [0.15, 0.2) is 6.10 Å². The van der Waals surface area contributed by atoms with Crippen LogP contribution >= 0.6 is 15.9 Å². The van der Waals surface area contributed by atoms with Crippen LogP contribution in [0.15, 0.2) is 40.9 Å². The summed E-state index contributed by atoms with van der Waals surface area (Å²) in [6.07, 6.45) is -0.888. The predicted octanol–water partition coefficient (Wildman–Crippen LogP) is 4.56. The summed E-state index contributed by atoms with van der Waals surface area (Å²) >= 11 is 3.31.